The van der Waals surface area contributed by atoms with Crippen molar-refractivity contribution in [3.05, 3.63) is 54.6 Å². The molecule has 0 saturated carbocycles. The van der Waals surface area contributed by atoms with E-state index in [-0.39, 0.29) is 17.6 Å². The van der Waals surface area contributed by atoms with E-state index in [1.54, 1.807) is 24.3 Å². The van der Waals surface area contributed by atoms with Crippen LogP contribution in [0.25, 0.3) is 0 Å². The summed E-state index contributed by atoms with van der Waals surface area (Å²) < 4.78 is 12.3. The zero-order chi connectivity index (χ0) is 18.4. The Morgan fingerprint density at radius 1 is 1.08 bits per heavy atom. The normalized spacial score (nSPS) is 16.9. The van der Waals surface area contributed by atoms with Crippen LogP contribution in [0.15, 0.2) is 59.5 Å². The van der Waals surface area contributed by atoms with Crippen molar-refractivity contribution in [2.75, 3.05) is 30.7 Å². The van der Waals surface area contributed by atoms with Crippen molar-refractivity contribution in [3.63, 3.8) is 0 Å². The minimum atomic E-state index is -0.981. The summed E-state index contributed by atoms with van der Waals surface area (Å²) in [5, 5.41) is 12.6. The Labute approximate surface area is 156 Å². The number of rotatable bonds is 6. The van der Waals surface area contributed by atoms with Crippen molar-refractivity contribution in [3.8, 4) is 5.75 Å². The van der Waals surface area contributed by atoms with E-state index < -0.39 is 10.8 Å². The van der Waals surface area contributed by atoms with Crippen LogP contribution in [-0.4, -0.2) is 45.5 Å². The maximum absolute atomic E-state index is 12.4. The Morgan fingerprint density at radius 3 is 2.42 bits per heavy atom. The fourth-order valence-electron chi connectivity index (χ4n) is 3.14. The van der Waals surface area contributed by atoms with Gasteiger partial charge >= 0.3 is 0 Å². The summed E-state index contributed by atoms with van der Waals surface area (Å²) in [4.78, 5) is 15.5. The molecule has 0 bridgehead atoms. The first kappa shape index (κ1) is 18.6. The molecule has 26 heavy (non-hydrogen) atoms. The highest BCUT2D eigenvalue weighted by Gasteiger charge is 2.25. The number of phenolic OH excluding ortho intramolecular Hbond substituents is 1. The van der Waals surface area contributed by atoms with Crippen LogP contribution in [0.5, 0.6) is 5.75 Å². The number of anilines is 1. The highest BCUT2D eigenvalue weighted by molar-refractivity contribution is 7.85. The number of aromatic hydroxyl groups is 1. The van der Waals surface area contributed by atoms with Gasteiger partial charge in [0.05, 0.1) is 16.5 Å². The number of carbonyl (C=O) groups is 1. The van der Waals surface area contributed by atoms with E-state index in [0.717, 1.165) is 37.4 Å². The first-order valence-corrected chi connectivity index (χ1v) is 10.2. The van der Waals surface area contributed by atoms with E-state index in [0.29, 0.717) is 11.4 Å². The molecule has 1 aliphatic rings. The lowest BCUT2D eigenvalue weighted by molar-refractivity contribution is -0.121. The number of phenols is 1. The zero-order valence-electron chi connectivity index (χ0n) is 14.6. The van der Waals surface area contributed by atoms with Crippen molar-refractivity contribution in [2.45, 2.75) is 17.7 Å². The summed E-state index contributed by atoms with van der Waals surface area (Å²) in [6.07, 6.45) is 1.55. The van der Waals surface area contributed by atoms with E-state index in [1.165, 1.54) is 0 Å². The molecule has 0 aromatic heterocycles. The molecular formula is C20H24N2O3S. The van der Waals surface area contributed by atoms with Gasteiger partial charge < -0.3 is 15.3 Å². The van der Waals surface area contributed by atoms with E-state index >= 15 is 0 Å². The Kier molecular flexibility index (Phi) is 6.41. The summed E-state index contributed by atoms with van der Waals surface area (Å²) in [6.45, 7) is 2.42. The van der Waals surface area contributed by atoms with E-state index in [4.69, 9.17) is 0 Å². The lowest BCUT2D eigenvalue weighted by Crippen LogP contribution is -2.39. The van der Waals surface area contributed by atoms with Crippen LogP contribution in [0, 0.1) is 5.92 Å². The largest absolute Gasteiger partial charge is 0.506 e. The number of likely N-dealkylation sites (tertiary alicyclic amines) is 1. The van der Waals surface area contributed by atoms with E-state index in [2.05, 4.69) is 10.2 Å². The number of hydrogen-bond donors (Lipinski definition) is 2. The smallest absolute Gasteiger partial charge is 0.227 e. The number of nitrogens with one attached hydrogen (secondary N) is 1. The van der Waals surface area contributed by atoms with Gasteiger partial charge in [0.15, 0.2) is 0 Å². The second-order valence-electron chi connectivity index (χ2n) is 6.49. The predicted octanol–water partition coefficient (Wildman–Crippen LogP) is 2.85. The standard InChI is InChI=1S/C20H24N2O3S/c23-19-9-5-4-8-18(19)21-20(24)16-10-12-22(13-11-16)14-15-26(25)17-6-2-1-3-7-17/h1-9,16,23H,10-15H2,(H,21,24)/t26-/m1/s1. The van der Waals surface area contributed by atoms with Gasteiger partial charge in [0.1, 0.15) is 5.75 Å². The molecule has 1 atom stereocenters. The molecule has 0 aliphatic carbocycles. The van der Waals surface area contributed by atoms with Gasteiger partial charge in [-0.05, 0) is 50.2 Å². The van der Waals surface area contributed by atoms with Gasteiger partial charge in [0, 0.05) is 23.1 Å². The molecule has 2 aromatic rings. The van der Waals surface area contributed by atoms with Crippen molar-refractivity contribution in [1.82, 2.24) is 4.90 Å². The second-order valence-corrected chi connectivity index (χ2v) is 8.06. The Hall–Kier alpha value is -2.18. The van der Waals surface area contributed by atoms with Crippen LogP contribution in [-0.2, 0) is 15.6 Å². The molecule has 138 valence electrons. The van der Waals surface area contributed by atoms with Gasteiger partial charge in [-0.3, -0.25) is 9.00 Å². The average Bonchev–Trinajstić information content (AvgIpc) is 2.69. The number of piperidine rings is 1. The second kappa shape index (κ2) is 8.96. The third-order valence-electron chi connectivity index (χ3n) is 4.72. The lowest BCUT2D eigenvalue weighted by Gasteiger charge is -2.31. The fourth-order valence-corrected chi connectivity index (χ4v) is 4.26. The van der Waals surface area contributed by atoms with E-state index in [1.807, 2.05) is 30.3 Å². The van der Waals surface area contributed by atoms with Crippen LogP contribution in [0.2, 0.25) is 0 Å². The molecule has 5 nitrogen and oxygen atoms in total. The summed E-state index contributed by atoms with van der Waals surface area (Å²) in [5.74, 6) is 0.602. The van der Waals surface area contributed by atoms with Gasteiger partial charge in [-0.1, -0.05) is 30.3 Å². The van der Waals surface area contributed by atoms with Crippen LogP contribution in [0.4, 0.5) is 5.69 Å². The van der Waals surface area contributed by atoms with E-state index in [9.17, 15) is 14.1 Å². The number of carbonyl (C=O) groups excluding carboxylic acids is 1. The van der Waals surface area contributed by atoms with Crippen molar-refractivity contribution in [2.24, 2.45) is 5.92 Å². The fraction of sp³-hybridized carbons (Fsp3) is 0.350. The molecule has 1 aliphatic heterocycles. The minimum absolute atomic E-state index is 0.0426. The third kappa shape index (κ3) is 4.93. The maximum Gasteiger partial charge on any atom is 0.227 e. The van der Waals surface area contributed by atoms with Crippen molar-refractivity contribution < 1.29 is 14.1 Å². The predicted molar refractivity (Wildman–Crippen MR) is 104 cm³/mol. The Morgan fingerprint density at radius 2 is 1.73 bits per heavy atom. The highest BCUT2D eigenvalue weighted by Crippen LogP contribution is 2.24. The maximum atomic E-state index is 12.4. The van der Waals surface area contributed by atoms with Gasteiger partial charge in [0.2, 0.25) is 5.91 Å². The summed E-state index contributed by atoms with van der Waals surface area (Å²) in [6, 6.07) is 16.3. The SMILES string of the molecule is O=C(Nc1ccccc1O)C1CCN(CC[S@@](=O)c2ccccc2)CC1. The molecule has 1 heterocycles. The molecule has 0 unspecified atom stereocenters. The first-order chi connectivity index (χ1) is 12.6. The first-order valence-electron chi connectivity index (χ1n) is 8.88. The Bertz CT molecular complexity index is 759. The molecule has 0 spiro atoms. The summed E-state index contributed by atoms with van der Waals surface area (Å²) in [7, 11) is -0.981. The van der Waals surface area contributed by atoms with Crippen molar-refractivity contribution in [1.29, 1.82) is 0 Å². The third-order valence-corrected chi connectivity index (χ3v) is 6.07. The lowest BCUT2D eigenvalue weighted by atomic mass is 9.96. The van der Waals surface area contributed by atoms with Gasteiger partial charge in [-0.15, -0.1) is 0 Å². The summed E-state index contributed by atoms with van der Waals surface area (Å²) in [5.41, 5.74) is 0.457. The van der Waals surface area contributed by atoms with Crippen LogP contribution in [0.3, 0.4) is 0 Å². The summed E-state index contributed by atoms with van der Waals surface area (Å²) >= 11 is 0. The molecule has 0 radical (unpaired) electrons. The minimum Gasteiger partial charge on any atom is -0.506 e. The van der Waals surface area contributed by atoms with Crippen molar-refractivity contribution >= 4 is 22.4 Å². The van der Waals surface area contributed by atoms with Crippen LogP contribution in [0.1, 0.15) is 12.8 Å². The monoisotopic (exact) mass is 372 g/mol. The van der Waals surface area contributed by atoms with Gasteiger partial charge in [0.25, 0.3) is 0 Å². The molecular weight excluding hydrogens is 348 g/mol. The number of benzene rings is 2. The molecule has 6 heteroatoms. The quantitative estimate of drug-likeness (QED) is 0.765. The average molecular weight is 372 g/mol. The number of para-hydroxylation sites is 2. The van der Waals surface area contributed by atoms with Crippen LogP contribution >= 0.6 is 0 Å². The highest BCUT2D eigenvalue weighted by atomic mass is 32.2. The molecule has 1 fully saturated rings. The molecule has 2 N–H and O–H groups in total. The number of amides is 1. The number of hydrogen-bond acceptors (Lipinski definition) is 4. The Balaban J connectivity index is 1.43. The van der Waals surface area contributed by atoms with Gasteiger partial charge in [-0.25, -0.2) is 0 Å². The molecule has 1 saturated heterocycles. The molecule has 3 rings (SSSR count). The van der Waals surface area contributed by atoms with Gasteiger partial charge in [-0.2, -0.15) is 0 Å². The number of nitrogens with zero attached hydrogens (tertiary/aromatic N) is 1. The topological polar surface area (TPSA) is 69.6 Å². The van der Waals surface area contributed by atoms with Crippen LogP contribution < -0.4 is 5.32 Å². The molecule has 1 amide bonds. The molecule has 2 aromatic carbocycles. The zero-order valence-corrected chi connectivity index (χ0v) is 15.5.